The number of nitrogens with zero attached hydrogens (tertiary/aromatic N) is 2. The van der Waals surface area contributed by atoms with Crippen LogP contribution in [0, 0.1) is 11.8 Å². The second-order valence-corrected chi connectivity index (χ2v) is 6.68. The number of halogens is 1. The van der Waals surface area contributed by atoms with Gasteiger partial charge < -0.3 is 15.4 Å². The molecule has 2 aromatic rings. The fourth-order valence-corrected chi connectivity index (χ4v) is 4.24. The predicted molar refractivity (Wildman–Crippen MR) is 93.3 cm³/mol. The Morgan fingerprint density at radius 1 is 1.33 bits per heavy atom. The molecule has 2 aliphatic rings. The summed E-state index contributed by atoms with van der Waals surface area (Å²) in [5, 5.41) is 6.30. The summed E-state index contributed by atoms with van der Waals surface area (Å²) in [6.07, 6.45) is 1.45. The zero-order valence-electron chi connectivity index (χ0n) is 13.0. The summed E-state index contributed by atoms with van der Waals surface area (Å²) in [6, 6.07) is 9.67. The van der Waals surface area contributed by atoms with E-state index in [4.69, 9.17) is 4.74 Å². The van der Waals surface area contributed by atoms with Crippen molar-refractivity contribution in [3.63, 3.8) is 0 Å². The summed E-state index contributed by atoms with van der Waals surface area (Å²) >= 11 is 1.22. The smallest absolute Gasteiger partial charge is 0.407 e. The van der Waals surface area contributed by atoms with Crippen molar-refractivity contribution in [2.24, 2.45) is 11.8 Å². The Bertz CT molecular complexity index is 673. The fourth-order valence-electron chi connectivity index (χ4n) is 3.74. The van der Waals surface area contributed by atoms with Gasteiger partial charge in [0, 0.05) is 12.0 Å². The highest BCUT2D eigenvalue weighted by Crippen LogP contribution is 2.60. The van der Waals surface area contributed by atoms with Crippen molar-refractivity contribution in [1.82, 2.24) is 19.4 Å². The minimum Gasteiger partial charge on any atom is -0.445 e. The molecule has 8 heteroatoms. The third-order valence-corrected chi connectivity index (χ3v) is 5.48. The largest absolute Gasteiger partial charge is 0.445 e. The molecule has 2 fully saturated rings. The molecule has 6 nitrogen and oxygen atoms in total. The molecular formula is C16H19ClN4O2S. The van der Waals surface area contributed by atoms with Crippen LogP contribution < -0.4 is 10.6 Å². The highest BCUT2D eigenvalue weighted by Gasteiger charge is 2.68. The van der Waals surface area contributed by atoms with Crippen molar-refractivity contribution in [3.8, 4) is 0 Å². The molecule has 1 aliphatic heterocycles. The van der Waals surface area contributed by atoms with E-state index in [2.05, 4.69) is 19.4 Å². The molecule has 0 bridgehead atoms. The van der Waals surface area contributed by atoms with Crippen LogP contribution >= 0.6 is 24.1 Å². The minimum atomic E-state index is -0.380. The third-order valence-electron chi connectivity index (χ3n) is 5.00. The number of nitrogens with one attached hydrogen (secondary N) is 2. The van der Waals surface area contributed by atoms with E-state index in [9.17, 15) is 4.79 Å². The van der Waals surface area contributed by atoms with E-state index >= 15 is 0 Å². The van der Waals surface area contributed by atoms with E-state index in [0.29, 0.717) is 18.4 Å². The van der Waals surface area contributed by atoms with E-state index in [1.54, 1.807) is 0 Å². The van der Waals surface area contributed by atoms with Crippen LogP contribution in [0.1, 0.15) is 11.3 Å². The van der Waals surface area contributed by atoms with Gasteiger partial charge in [0.25, 0.3) is 0 Å². The summed E-state index contributed by atoms with van der Waals surface area (Å²) in [6.45, 7) is 2.79. The second-order valence-electron chi connectivity index (χ2n) is 6.12. The first-order valence-electron chi connectivity index (χ1n) is 7.74. The van der Waals surface area contributed by atoms with E-state index < -0.39 is 0 Å². The third kappa shape index (κ3) is 2.99. The minimum absolute atomic E-state index is 0. The number of fused-ring (bicyclic) bond motifs is 1. The summed E-state index contributed by atoms with van der Waals surface area (Å²) in [5.74, 6) is 1.06. The Morgan fingerprint density at radius 2 is 2.08 bits per heavy atom. The predicted octanol–water partition coefficient (Wildman–Crippen LogP) is 1.97. The van der Waals surface area contributed by atoms with E-state index in [-0.39, 0.29) is 30.5 Å². The van der Waals surface area contributed by atoms with Crippen molar-refractivity contribution in [2.45, 2.75) is 12.0 Å². The lowest BCUT2D eigenvalue weighted by Crippen LogP contribution is -2.38. The molecule has 4 rings (SSSR count). The number of rotatable bonds is 5. The lowest BCUT2D eigenvalue weighted by Gasteiger charge is -2.19. The van der Waals surface area contributed by atoms with Crippen LogP contribution in [0.15, 0.2) is 36.5 Å². The number of hydrogen-bond acceptors (Lipinski definition) is 6. The molecule has 1 aliphatic carbocycles. The molecular weight excluding hydrogens is 348 g/mol. The summed E-state index contributed by atoms with van der Waals surface area (Å²) < 4.78 is 13.8. The number of carbonyl (C=O) groups excluding carboxylic acids is 1. The van der Waals surface area contributed by atoms with Gasteiger partial charge in [-0.15, -0.1) is 12.4 Å². The molecule has 3 atom stereocenters. The molecule has 0 spiro atoms. The van der Waals surface area contributed by atoms with Gasteiger partial charge in [-0.1, -0.05) is 30.3 Å². The molecule has 128 valence electrons. The van der Waals surface area contributed by atoms with Crippen LogP contribution in [0.3, 0.4) is 0 Å². The molecule has 24 heavy (non-hydrogen) atoms. The molecule has 1 aromatic carbocycles. The molecule has 0 radical (unpaired) electrons. The molecule has 2 heterocycles. The van der Waals surface area contributed by atoms with Crippen LogP contribution in [-0.4, -0.2) is 34.5 Å². The van der Waals surface area contributed by atoms with E-state index in [1.807, 2.05) is 36.5 Å². The zero-order chi connectivity index (χ0) is 15.7. The van der Waals surface area contributed by atoms with Crippen molar-refractivity contribution in [2.75, 3.05) is 19.6 Å². The first-order chi connectivity index (χ1) is 11.3. The zero-order valence-corrected chi connectivity index (χ0v) is 14.6. The first kappa shape index (κ1) is 17.1. The summed E-state index contributed by atoms with van der Waals surface area (Å²) in [7, 11) is 0. The number of amides is 1. The normalized spacial score (nSPS) is 27.0. The highest BCUT2D eigenvalue weighted by molar-refractivity contribution is 6.99. The van der Waals surface area contributed by atoms with Gasteiger partial charge >= 0.3 is 6.09 Å². The molecule has 1 unspecified atom stereocenters. The first-order valence-corrected chi connectivity index (χ1v) is 8.47. The Kier molecular flexibility index (Phi) is 5.03. The molecule has 1 aromatic heterocycles. The van der Waals surface area contributed by atoms with Crippen LogP contribution in [0.2, 0.25) is 0 Å². The van der Waals surface area contributed by atoms with Crippen LogP contribution in [-0.2, 0) is 16.8 Å². The number of alkyl carbamates (subject to hydrolysis) is 1. The van der Waals surface area contributed by atoms with Gasteiger partial charge in [0.2, 0.25) is 0 Å². The van der Waals surface area contributed by atoms with Gasteiger partial charge in [-0.05, 0) is 30.5 Å². The number of benzene rings is 1. The molecule has 1 amide bonds. The molecule has 1 saturated heterocycles. The monoisotopic (exact) mass is 366 g/mol. The Labute approximate surface area is 150 Å². The number of piperidine rings is 1. The van der Waals surface area contributed by atoms with Crippen LogP contribution in [0.25, 0.3) is 0 Å². The number of aromatic nitrogens is 2. The average molecular weight is 367 g/mol. The molecule has 1 saturated carbocycles. The van der Waals surface area contributed by atoms with Gasteiger partial charge in [0.1, 0.15) is 6.61 Å². The van der Waals surface area contributed by atoms with Gasteiger partial charge in [0.05, 0.1) is 23.6 Å². The lowest BCUT2D eigenvalue weighted by atomic mass is 9.96. The molecule has 2 N–H and O–H groups in total. The highest BCUT2D eigenvalue weighted by atomic mass is 35.5. The van der Waals surface area contributed by atoms with Gasteiger partial charge in [-0.3, -0.25) is 0 Å². The average Bonchev–Trinajstić information content (AvgIpc) is 3.08. The van der Waals surface area contributed by atoms with Crippen molar-refractivity contribution in [3.05, 3.63) is 47.8 Å². The SMILES string of the molecule is Cl.O=C(NCC1(c2cnsn2)[C@@H]2CNC[C@@H]21)OCc1ccccc1. The van der Waals surface area contributed by atoms with Gasteiger partial charge in [-0.25, -0.2) is 4.79 Å². The fraction of sp³-hybridized carbons (Fsp3) is 0.438. The van der Waals surface area contributed by atoms with Crippen LogP contribution in [0.5, 0.6) is 0 Å². The summed E-state index contributed by atoms with van der Waals surface area (Å²) in [4.78, 5) is 12.0. The van der Waals surface area contributed by atoms with E-state index in [0.717, 1.165) is 24.3 Å². The second kappa shape index (κ2) is 7.04. The van der Waals surface area contributed by atoms with Crippen molar-refractivity contribution in [1.29, 1.82) is 0 Å². The lowest BCUT2D eigenvalue weighted by molar-refractivity contribution is 0.138. The van der Waals surface area contributed by atoms with Crippen molar-refractivity contribution >= 4 is 30.2 Å². The van der Waals surface area contributed by atoms with Gasteiger partial charge in [-0.2, -0.15) is 8.75 Å². The number of hydrogen-bond donors (Lipinski definition) is 2. The number of carbonyl (C=O) groups is 1. The Balaban J connectivity index is 0.00000169. The maximum Gasteiger partial charge on any atom is 0.407 e. The van der Waals surface area contributed by atoms with Crippen molar-refractivity contribution < 1.29 is 9.53 Å². The standard InChI is InChI=1S/C16H18N4O2S.ClH/c21-15(22-9-11-4-2-1-3-5-11)18-10-16(14-8-19-23-20-14)12-6-17-7-13(12)16;/h1-5,8,12-13,17H,6-7,9-10H2,(H,18,21);1H/t12-,13+,16?;. The maximum atomic E-state index is 12.0. The van der Waals surface area contributed by atoms with Gasteiger partial charge in [0.15, 0.2) is 0 Å². The Hall–Kier alpha value is -1.70. The van der Waals surface area contributed by atoms with Crippen LogP contribution in [0.4, 0.5) is 4.79 Å². The topological polar surface area (TPSA) is 76.1 Å². The maximum absolute atomic E-state index is 12.0. The quantitative estimate of drug-likeness (QED) is 0.846. The Morgan fingerprint density at radius 3 is 2.75 bits per heavy atom. The van der Waals surface area contributed by atoms with E-state index in [1.165, 1.54) is 11.7 Å². The number of ether oxygens (including phenoxy) is 1. The summed E-state index contributed by atoms with van der Waals surface area (Å²) in [5.41, 5.74) is 1.92.